The van der Waals surface area contributed by atoms with Crippen molar-refractivity contribution in [3.63, 3.8) is 0 Å². The highest BCUT2D eigenvalue weighted by atomic mass is 79.9. The molecule has 1 fully saturated rings. The summed E-state index contributed by atoms with van der Waals surface area (Å²) in [6, 6.07) is 0. The normalized spacial score (nSPS) is 19.3. The molecule has 0 aliphatic carbocycles. The number of anilines is 1. The number of hydrogen-bond acceptors (Lipinski definition) is 4. The van der Waals surface area contributed by atoms with E-state index in [0.717, 1.165) is 34.3 Å². The minimum atomic E-state index is -0.604. The molecule has 13 heavy (non-hydrogen) atoms. The molecule has 0 N–H and O–H groups in total. The second kappa shape index (κ2) is 4.06. The molecule has 2 rings (SSSR count). The van der Waals surface area contributed by atoms with Crippen molar-refractivity contribution in [2.24, 2.45) is 0 Å². The van der Waals surface area contributed by atoms with E-state index in [4.69, 9.17) is 0 Å². The van der Waals surface area contributed by atoms with Gasteiger partial charge in [0, 0.05) is 40.8 Å². The van der Waals surface area contributed by atoms with Crippen LogP contribution < -0.4 is 4.90 Å². The van der Waals surface area contributed by atoms with Crippen molar-refractivity contribution in [1.29, 1.82) is 0 Å². The molecule has 6 heteroatoms. The van der Waals surface area contributed by atoms with Gasteiger partial charge in [0.15, 0.2) is 5.13 Å². The van der Waals surface area contributed by atoms with Crippen LogP contribution in [-0.4, -0.2) is 33.8 Å². The first-order chi connectivity index (χ1) is 6.25. The molecule has 1 aromatic heterocycles. The van der Waals surface area contributed by atoms with Gasteiger partial charge in [-0.15, -0.1) is 11.3 Å². The lowest BCUT2D eigenvalue weighted by atomic mass is 10.5. The second-order valence-corrected chi connectivity index (χ2v) is 6.13. The summed E-state index contributed by atoms with van der Waals surface area (Å²) in [6.07, 6.45) is 0. The Labute approximate surface area is 91.7 Å². The Morgan fingerprint density at radius 3 is 2.77 bits per heavy atom. The standard InChI is InChI=1S/C7H9BrN2OS2/c8-6-5-12-7(9-6)10-1-3-13(11)4-2-10/h5H,1-4H2. The topological polar surface area (TPSA) is 33.2 Å². The molecule has 3 nitrogen and oxygen atoms in total. The van der Waals surface area contributed by atoms with Crippen LogP contribution in [0.15, 0.2) is 9.98 Å². The predicted molar refractivity (Wildman–Crippen MR) is 59.9 cm³/mol. The molecule has 0 unspecified atom stereocenters. The number of halogens is 1. The van der Waals surface area contributed by atoms with Gasteiger partial charge in [0.25, 0.3) is 0 Å². The van der Waals surface area contributed by atoms with E-state index in [-0.39, 0.29) is 0 Å². The lowest BCUT2D eigenvalue weighted by Gasteiger charge is -2.25. The number of aromatic nitrogens is 1. The summed E-state index contributed by atoms with van der Waals surface area (Å²) in [4.78, 5) is 6.51. The van der Waals surface area contributed by atoms with Crippen LogP contribution in [0.3, 0.4) is 0 Å². The molecule has 0 bridgehead atoms. The number of rotatable bonds is 1. The van der Waals surface area contributed by atoms with Crippen molar-refractivity contribution >= 4 is 43.2 Å². The fraction of sp³-hybridized carbons (Fsp3) is 0.571. The highest BCUT2D eigenvalue weighted by Gasteiger charge is 2.17. The van der Waals surface area contributed by atoms with Gasteiger partial charge in [-0.1, -0.05) is 0 Å². The summed E-state index contributed by atoms with van der Waals surface area (Å²) in [6.45, 7) is 1.74. The van der Waals surface area contributed by atoms with E-state index in [1.807, 2.05) is 5.38 Å². The van der Waals surface area contributed by atoms with Crippen LogP contribution in [-0.2, 0) is 10.8 Å². The minimum absolute atomic E-state index is 0.604. The van der Waals surface area contributed by atoms with Gasteiger partial charge in [-0.3, -0.25) is 4.21 Å². The van der Waals surface area contributed by atoms with Gasteiger partial charge < -0.3 is 4.90 Å². The SMILES string of the molecule is O=S1CCN(c2nc(Br)cs2)CC1. The van der Waals surface area contributed by atoms with Crippen molar-refractivity contribution in [2.75, 3.05) is 29.5 Å². The smallest absolute Gasteiger partial charge is 0.186 e. The monoisotopic (exact) mass is 280 g/mol. The first kappa shape index (κ1) is 9.61. The van der Waals surface area contributed by atoms with Crippen LogP contribution in [0, 0.1) is 0 Å². The van der Waals surface area contributed by atoms with Crippen LogP contribution >= 0.6 is 27.3 Å². The average molecular weight is 281 g/mol. The Morgan fingerprint density at radius 1 is 1.54 bits per heavy atom. The van der Waals surface area contributed by atoms with Crippen molar-refractivity contribution in [1.82, 2.24) is 4.98 Å². The van der Waals surface area contributed by atoms with E-state index >= 15 is 0 Å². The summed E-state index contributed by atoms with van der Waals surface area (Å²) >= 11 is 4.95. The van der Waals surface area contributed by atoms with Crippen molar-refractivity contribution in [3.05, 3.63) is 9.98 Å². The fourth-order valence-corrected chi connectivity index (χ4v) is 3.58. The third-order valence-corrected chi connectivity index (χ3v) is 4.80. The predicted octanol–water partition coefficient (Wildman–Crippen LogP) is 1.47. The van der Waals surface area contributed by atoms with Gasteiger partial charge in [-0.2, -0.15) is 0 Å². The molecule has 72 valence electrons. The highest BCUT2D eigenvalue weighted by molar-refractivity contribution is 9.10. The maximum absolute atomic E-state index is 11.1. The Balaban J connectivity index is 2.06. The Morgan fingerprint density at radius 2 is 2.23 bits per heavy atom. The molecule has 0 spiro atoms. The van der Waals surface area contributed by atoms with Crippen LogP contribution in [0.25, 0.3) is 0 Å². The van der Waals surface area contributed by atoms with Gasteiger partial charge in [0.2, 0.25) is 0 Å². The average Bonchev–Trinajstić information content (AvgIpc) is 2.53. The quantitative estimate of drug-likeness (QED) is 0.781. The maximum atomic E-state index is 11.1. The molecule has 1 saturated heterocycles. The zero-order valence-electron chi connectivity index (χ0n) is 6.90. The van der Waals surface area contributed by atoms with E-state index in [2.05, 4.69) is 25.8 Å². The van der Waals surface area contributed by atoms with Gasteiger partial charge in [0.1, 0.15) is 4.60 Å². The van der Waals surface area contributed by atoms with Gasteiger partial charge >= 0.3 is 0 Å². The van der Waals surface area contributed by atoms with Crippen molar-refractivity contribution in [2.45, 2.75) is 0 Å². The highest BCUT2D eigenvalue weighted by Crippen LogP contribution is 2.24. The summed E-state index contributed by atoms with van der Waals surface area (Å²) in [7, 11) is -0.604. The molecule has 1 aliphatic rings. The van der Waals surface area contributed by atoms with Gasteiger partial charge in [-0.25, -0.2) is 4.98 Å². The Hall–Kier alpha value is 0.0600. The number of thiazole rings is 1. The minimum Gasteiger partial charge on any atom is -0.346 e. The summed E-state index contributed by atoms with van der Waals surface area (Å²) < 4.78 is 12.0. The van der Waals surface area contributed by atoms with Gasteiger partial charge in [0.05, 0.1) is 0 Å². The number of hydrogen-bond donors (Lipinski definition) is 0. The van der Waals surface area contributed by atoms with Crippen LogP contribution in [0.2, 0.25) is 0 Å². The zero-order chi connectivity index (χ0) is 9.26. The van der Waals surface area contributed by atoms with Gasteiger partial charge in [-0.05, 0) is 15.9 Å². The molecule has 2 heterocycles. The maximum Gasteiger partial charge on any atom is 0.186 e. The first-order valence-corrected chi connectivity index (χ1v) is 7.13. The van der Waals surface area contributed by atoms with Crippen LogP contribution in [0.4, 0.5) is 5.13 Å². The van der Waals surface area contributed by atoms with E-state index in [1.165, 1.54) is 0 Å². The molecular weight excluding hydrogens is 272 g/mol. The van der Waals surface area contributed by atoms with E-state index < -0.39 is 10.8 Å². The van der Waals surface area contributed by atoms with E-state index in [0.29, 0.717) is 0 Å². The van der Waals surface area contributed by atoms with Crippen LogP contribution in [0.1, 0.15) is 0 Å². The third kappa shape index (κ3) is 2.30. The molecule has 0 aromatic carbocycles. The molecule has 0 radical (unpaired) electrons. The molecule has 1 aliphatic heterocycles. The van der Waals surface area contributed by atoms with Crippen LogP contribution in [0.5, 0.6) is 0 Å². The first-order valence-electron chi connectivity index (χ1n) is 3.96. The molecule has 0 atom stereocenters. The molecule has 0 saturated carbocycles. The zero-order valence-corrected chi connectivity index (χ0v) is 10.1. The third-order valence-electron chi connectivity index (χ3n) is 1.91. The lowest BCUT2D eigenvalue weighted by molar-refractivity contribution is 0.673. The summed E-state index contributed by atoms with van der Waals surface area (Å²) in [5.74, 6) is 1.55. The molecule has 0 amide bonds. The lowest BCUT2D eigenvalue weighted by Crippen LogP contribution is -2.37. The Bertz CT molecular complexity index is 318. The molecule has 1 aromatic rings. The summed E-state index contributed by atoms with van der Waals surface area (Å²) in [5.41, 5.74) is 0. The van der Waals surface area contributed by atoms with Crippen molar-refractivity contribution in [3.8, 4) is 0 Å². The number of nitrogens with zero attached hydrogens (tertiary/aromatic N) is 2. The van der Waals surface area contributed by atoms with E-state index in [9.17, 15) is 4.21 Å². The fourth-order valence-electron chi connectivity index (χ4n) is 1.22. The molecular formula is C7H9BrN2OS2. The van der Waals surface area contributed by atoms with E-state index in [1.54, 1.807) is 11.3 Å². The Kier molecular flexibility index (Phi) is 3.00. The second-order valence-electron chi connectivity index (χ2n) is 2.79. The largest absolute Gasteiger partial charge is 0.346 e. The summed E-state index contributed by atoms with van der Waals surface area (Å²) in [5, 5.41) is 3.00. The van der Waals surface area contributed by atoms with Crippen molar-refractivity contribution < 1.29 is 4.21 Å².